The lowest BCUT2D eigenvalue weighted by molar-refractivity contribution is -0.136. The van der Waals surface area contributed by atoms with Crippen LogP contribution in [0.25, 0.3) is 0 Å². The van der Waals surface area contributed by atoms with E-state index in [2.05, 4.69) is 31.4 Å². The molecule has 1 aromatic carbocycles. The minimum Gasteiger partial charge on any atom is -0.494 e. The second-order valence-corrected chi connectivity index (χ2v) is 6.66. The number of hydrogen-bond acceptors (Lipinski definition) is 3. The van der Waals surface area contributed by atoms with Gasteiger partial charge in [0.1, 0.15) is 5.75 Å². The number of benzene rings is 1. The highest BCUT2D eigenvalue weighted by atomic mass is 16.5. The Morgan fingerprint density at radius 2 is 1.65 bits per heavy atom. The maximum atomic E-state index is 12.0. The van der Waals surface area contributed by atoms with Crippen LogP contribution in [0.15, 0.2) is 24.3 Å². The summed E-state index contributed by atoms with van der Waals surface area (Å²) in [6.45, 7) is 7.66. The van der Waals surface area contributed by atoms with Gasteiger partial charge in [0.15, 0.2) is 0 Å². The van der Waals surface area contributed by atoms with Crippen molar-refractivity contribution in [1.29, 1.82) is 0 Å². The molecule has 0 heterocycles. The molecule has 0 aromatic heterocycles. The van der Waals surface area contributed by atoms with Gasteiger partial charge >= 0.3 is 11.8 Å². The molecule has 0 saturated carbocycles. The van der Waals surface area contributed by atoms with Gasteiger partial charge in [0.05, 0.1) is 6.61 Å². The minimum atomic E-state index is -0.632. The predicted octanol–water partition coefficient (Wildman–Crippen LogP) is 4.53. The fourth-order valence-electron chi connectivity index (χ4n) is 2.63. The summed E-state index contributed by atoms with van der Waals surface area (Å²) in [5.74, 6) is -0.0205. The highest BCUT2D eigenvalue weighted by Gasteiger charge is 2.15. The van der Waals surface area contributed by atoms with Gasteiger partial charge < -0.3 is 15.4 Å². The molecule has 1 aromatic rings. The molecule has 0 aliphatic carbocycles. The lowest BCUT2D eigenvalue weighted by atomic mass is 9.99. The summed E-state index contributed by atoms with van der Waals surface area (Å²) in [4.78, 5) is 24.0. The van der Waals surface area contributed by atoms with Crippen LogP contribution < -0.4 is 15.4 Å². The first-order chi connectivity index (χ1) is 12.6. The van der Waals surface area contributed by atoms with Crippen molar-refractivity contribution in [2.24, 2.45) is 5.92 Å². The van der Waals surface area contributed by atoms with Crippen molar-refractivity contribution in [3.05, 3.63) is 24.3 Å². The Morgan fingerprint density at radius 1 is 0.962 bits per heavy atom. The number of ether oxygens (including phenoxy) is 1. The van der Waals surface area contributed by atoms with Crippen molar-refractivity contribution in [3.63, 3.8) is 0 Å². The molecule has 0 spiro atoms. The van der Waals surface area contributed by atoms with Crippen LogP contribution >= 0.6 is 0 Å². The van der Waals surface area contributed by atoms with Crippen LogP contribution in [0, 0.1) is 5.92 Å². The number of carbonyl (C=O) groups is 2. The summed E-state index contributed by atoms with van der Waals surface area (Å²) < 4.78 is 5.63. The van der Waals surface area contributed by atoms with Crippen molar-refractivity contribution < 1.29 is 14.3 Å². The largest absolute Gasteiger partial charge is 0.494 e. The fraction of sp³-hybridized carbons (Fsp3) is 0.619. The number of anilines is 1. The molecule has 2 amide bonds. The average Bonchev–Trinajstić information content (AvgIpc) is 2.66. The third-order valence-corrected chi connectivity index (χ3v) is 4.43. The Balaban J connectivity index is 2.37. The summed E-state index contributed by atoms with van der Waals surface area (Å²) in [5.41, 5.74) is 0.587. The third-order valence-electron chi connectivity index (χ3n) is 4.43. The van der Waals surface area contributed by atoms with Gasteiger partial charge in [-0.1, -0.05) is 52.9 Å². The van der Waals surface area contributed by atoms with Gasteiger partial charge in [-0.2, -0.15) is 0 Å². The molecule has 0 aliphatic rings. The van der Waals surface area contributed by atoms with Crippen LogP contribution in [0.5, 0.6) is 5.75 Å². The standard InChI is InChI=1S/C21H34N2O3/c1-4-7-9-15-26-19-13-11-18(12-14-19)23-21(25)20(24)22-16-17(6-3)10-8-5-2/h11-14,17H,4-10,15-16H2,1-3H3,(H,22,24)(H,23,25)/t17-/m1/s1. The second kappa shape index (κ2) is 13.2. The van der Waals surface area contributed by atoms with Crippen molar-refractivity contribution in [1.82, 2.24) is 5.32 Å². The SMILES string of the molecule is CCCCCOc1ccc(NC(=O)C(=O)NC[C@H](CC)CCCC)cc1. The van der Waals surface area contributed by atoms with Crippen LogP contribution in [-0.2, 0) is 9.59 Å². The van der Waals surface area contributed by atoms with E-state index in [0.29, 0.717) is 24.8 Å². The van der Waals surface area contributed by atoms with E-state index < -0.39 is 11.8 Å². The Morgan fingerprint density at radius 3 is 2.27 bits per heavy atom. The molecular formula is C21H34N2O3. The summed E-state index contributed by atoms with van der Waals surface area (Å²) in [6, 6.07) is 7.10. The van der Waals surface area contributed by atoms with Crippen LogP contribution in [0.1, 0.15) is 65.7 Å². The van der Waals surface area contributed by atoms with Gasteiger partial charge in [-0.25, -0.2) is 0 Å². The molecule has 1 atom stereocenters. The van der Waals surface area contributed by atoms with Crippen molar-refractivity contribution in [3.8, 4) is 5.75 Å². The molecule has 0 radical (unpaired) electrons. The Kier molecular flexibility index (Phi) is 11.2. The summed E-state index contributed by atoms with van der Waals surface area (Å²) in [6.07, 6.45) is 7.72. The summed E-state index contributed by atoms with van der Waals surface area (Å²) in [5, 5.41) is 5.36. The Labute approximate surface area is 157 Å². The number of nitrogens with one attached hydrogen (secondary N) is 2. The van der Waals surface area contributed by atoms with Crippen molar-refractivity contribution in [2.45, 2.75) is 65.7 Å². The van der Waals surface area contributed by atoms with Gasteiger partial charge in [0, 0.05) is 12.2 Å². The van der Waals surface area contributed by atoms with Crippen LogP contribution in [-0.4, -0.2) is 25.0 Å². The number of unbranched alkanes of at least 4 members (excludes halogenated alkanes) is 3. The van der Waals surface area contributed by atoms with Crippen molar-refractivity contribution >= 4 is 17.5 Å². The zero-order valence-electron chi connectivity index (χ0n) is 16.5. The quantitative estimate of drug-likeness (QED) is 0.424. The lowest BCUT2D eigenvalue weighted by Gasteiger charge is -2.15. The van der Waals surface area contributed by atoms with E-state index in [1.807, 2.05) is 0 Å². The van der Waals surface area contributed by atoms with Crippen LogP contribution in [0.3, 0.4) is 0 Å². The molecule has 0 fully saturated rings. The molecule has 26 heavy (non-hydrogen) atoms. The van der Waals surface area contributed by atoms with Gasteiger partial charge in [-0.15, -0.1) is 0 Å². The van der Waals surface area contributed by atoms with Gasteiger partial charge in [-0.3, -0.25) is 9.59 Å². The number of carbonyl (C=O) groups excluding carboxylic acids is 2. The molecule has 5 heteroatoms. The molecule has 5 nitrogen and oxygen atoms in total. The predicted molar refractivity (Wildman–Crippen MR) is 106 cm³/mol. The van der Waals surface area contributed by atoms with Gasteiger partial charge in [-0.05, 0) is 43.0 Å². The number of hydrogen-bond donors (Lipinski definition) is 2. The van der Waals surface area contributed by atoms with Crippen LogP contribution in [0.4, 0.5) is 5.69 Å². The minimum absolute atomic E-state index is 0.427. The molecule has 146 valence electrons. The van der Waals surface area contributed by atoms with E-state index in [9.17, 15) is 9.59 Å². The smallest absolute Gasteiger partial charge is 0.313 e. The van der Waals surface area contributed by atoms with E-state index in [-0.39, 0.29) is 0 Å². The first-order valence-electron chi connectivity index (χ1n) is 9.92. The summed E-state index contributed by atoms with van der Waals surface area (Å²) >= 11 is 0. The molecule has 2 N–H and O–H groups in total. The van der Waals surface area contributed by atoms with E-state index >= 15 is 0 Å². The third kappa shape index (κ3) is 8.88. The maximum absolute atomic E-state index is 12.0. The lowest BCUT2D eigenvalue weighted by Crippen LogP contribution is -2.38. The Hall–Kier alpha value is -2.04. The molecule has 0 saturated heterocycles. The van der Waals surface area contributed by atoms with E-state index in [1.54, 1.807) is 24.3 Å². The van der Waals surface area contributed by atoms with Crippen molar-refractivity contribution in [2.75, 3.05) is 18.5 Å². The maximum Gasteiger partial charge on any atom is 0.313 e. The monoisotopic (exact) mass is 362 g/mol. The zero-order valence-corrected chi connectivity index (χ0v) is 16.5. The first-order valence-corrected chi connectivity index (χ1v) is 9.92. The molecule has 0 aliphatic heterocycles. The molecule has 0 unspecified atom stereocenters. The molecular weight excluding hydrogens is 328 g/mol. The topological polar surface area (TPSA) is 67.4 Å². The second-order valence-electron chi connectivity index (χ2n) is 6.66. The van der Waals surface area contributed by atoms with E-state index in [1.165, 1.54) is 0 Å². The highest BCUT2D eigenvalue weighted by molar-refractivity contribution is 6.39. The molecule has 0 bridgehead atoms. The normalized spacial score (nSPS) is 11.7. The highest BCUT2D eigenvalue weighted by Crippen LogP contribution is 2.16. The van der Waals surface area contributed by atoms with Gasteiger partial charge in [0.25, 0.3) is 0 Å². The van der Waals surface area contributed by atoms with E-state index in [0.717, 1.165) is 50.7 Å². The van der Waals surface area contributed by atoms with Gasteiger partial charge in [0.2, 0.25) is 0 Å². The Bertz CT molecular complexity index is 529. The first kappa shape index (κ1) is 22.0. The number of amides is 2. The molecule has 1 rings (SSSR count). The summed E-state index contributed by atoms with van der Waals surface area (Å²) in [7, 11) is 0. The zero-order chi connectivity index (χ0) is 19.2. The van der Waals surface area contributed by atoms with Crippen LogP contribution in [0.2, 0.25) is 0 Å². The fourth-order valence-corrected chi connectivity index (χ4v) is 2.63. The average molecular weight is 363 g/mol. The van der Waals surface area contributed by atoms with E-state index in [4.69, 9.17) is 4.74 Å². The number of rotatable bonds is 12.